The van der Waals surface area contributed by atoms with E-state index in [1.165, 1.54) is 0 Å². The highest BCUT2D eigenvalue weighted by molar-refractivity contribution is 5.69. The van der Waals surface area contributed by atoms with Gasteiger partial charge in [-0.2, -0.15) is 0 Å². The molecule has 0 aromatic carbocycles. The molecule has 1 aliphatic heterocycles. The normalized spacial score (nSPS) is 21.5. The van der Waals surface area contributed by atoms with E-state index >= 15 is 0 Å². The predicted octanol–water partition coefficient (Wildman–Crippen LogP) is 1.50. The van der Waals surface area contributed by atoms with E-state index in [0.717, 1.165) is 12.8 Å². The zero-order valence-corrected chi connectivity index (χ0v) is 9.72. The van der Waals surface area contributed by atoms with Crippen molar-refractivity contribution in [3.8, 4) is 0 Å². The van der Waals surface area contributed by atoms with Crippen molar-refractivity contribution >= 4 is 12.1 Å². The van der Waals surface area contributed by atoms with Crippen molar-refractivity contribution in [2.75, 3.05) is 19.7 Å². The van der Waals surface area contributed by atoms with Gasteiger partial charge in [-0.15, -0.1) is 0 Å². The molecule has 0 bridgehead atoms. The van der Waals surface area contributed by atoms with Gasteiger partial charge in [-0.3, -0.25) is 4.79 Å². The van der Waals surface area contributed by atoms with Gasteiger partial charge in [0.15, 0.2) is 0 Å². The summed E-state index contributed by atoms with van der Waals surface area (Å²) in [5.74, 6) is -0.440. The van der Waals surface area contributed by atoms with E-state index in [1.807, 2.05) is 0 Å². The predicted molar refractivity (Wildman–Crippen MR) is 60.5 cm³/mol. The van der Waals surface area contributed by atoms with Crippen LogP contribution in [0.5, 0.6) is 0 Å². The monoisotopic (exact) mass is 239 g/mol. The van der Waals surface area contributed by atoms with Crippen molar-refractivity contribution in [1.82, 2.24) is 4.90 Å². The van der Waals surface area contributed by atoms with Gasteiger partial charge in [-0.1, -0.05) is 12.7 Å². The zero-order chi connectivity index (χ0) is 12.5. The smallest absolute Gasteiger partial charge is 0.410 e. The summed E-state index contributed by atoms with van der Waals surface area (Å²) in [5.41, 5.74) is 0.188. The van der Waals surface area contributed by atoms with Crippen LogP contribution in [0, 0.1) is 11.3 Å². The lowest BCUT2D eigenvalue weighted by molar-refractivity contribution is -0.143. The first kappa shape index (κ1) is 12.0. The summed E-state index contributed by atoms with van der Waals surface area (Å²) in [7, 11) is 0. The number of carbonyl (C=O) groups is 2. The number of hydrogen-bond acceptors (Lipinski definition) is 3. The van der Waals surface area contributed by atoms with E-state index in [9.17, 15) is 9.59 Å². The number of carbonyl (C=O) groups excluding carboxylic acids is 1. The highest BCUT2D eigenvalue weighted by Crippen LogP contribution is 2.53. The molecule has 1 saturated carbocycles. The molecule has 1 N–H and O–H groups in total. The summed E-state index contributed by atoms with van der Waals surface area (Å²) in [4.78, 5) is 23.6. The number of nitrogens with zero attached hydrogens (tertiary/aromatic N) is 1. The van der Waals surface area contributed by atoms with Crippen LogP contribution in [-0.4, -0.2) is 41.8 Å². The molecule has 1 spiro atoms. The number of aliphatic carboxylic acids is 1. The van der Waals surface area contributed by atoms with E-state index in [-0.39, 0.29) is 24.5 Å². The minimum absolute atomic E-state index is 0.188. The third kappa shape index (κ3) is 2.43. The molecule has 1 heterocycles. The zero-order valence-electron chi connectivity index (χ0n) is 9.72. The van der Waals surface area contributed by atoms with Crippen LogP contribution >= 0.6 is 0 Å². The largest absolute Gasteiger partial charge is 0.481 e. The Bertz CT molecular complexity index is 338. The van der Waals surface area contributed by atoms with Crippen molar-refractivity contribution in [3.63, 3.8) is 0 Å². The fourth-order valence-corrected chi connectivity index (χ4v) is 2.93. The Balaban J connectivity index is 1.68. The Kier molecular flexibility index (Phi) is 3.09. The standard InChI is InChI=1S/C12H17NO4/c1-2-3-17-11(16)13-7-12(8-13)5-9(6-12)4-10(14)15/h2,9H,1,3-8H2,(H,14,15). The maximum Gasteiger partial charge on any atom is 0.410 e. The molecule has 5 nitrogen and oxygen atoms in total. The molecular formula is C12H17NO4. The van der Waals surface area contributed by atoms with E-state index in [1.54, 1.807) is 11.0 Å². The Morgan fingerprint density at radius 3 is 2.65 bits per heavy atom. The van der Waals surface area contributed by atoms with E-state index in [2.05, 4.69) is 6.58 Å². The maximum atomic E-state index is 11.4. The fourth-order valence-electron chi connectivity index (χ4n) is 2.93. The molecule has 0 aromatic rings. The van der Waals surface area contributed by atoms with Gasteiger partial charge in [0.25, 0.3) is 0 Å². The molecule has 2 fully saturated rings. The molecule has 94 valence electrons. The Morgan fingerprint density at radius 1 is 1.47 bits per heavy atom. The van der Waals surface area contributed by atoms with E-state index < -0.39 is 5.97 Å². The first-order chi connectivity index (χ1) is 8.04. The van der Waals surface area contributed by atoms with Gasteiger partial charge < -0.3 is 14.7 Å². The average molecular weight is 239 g/mol. The van der Waals surface area contributed by atoms with Crippen LogP contribution < -0.4 is 0 Å². The third-order valence-electron chi connectivity index (χ3n) is 3.54. The Morgan fingerprint density at radius 2 is 2.12 bits per heavy atom. The topological polar surface area (TPSA) is 66.8 Å². The molecule has 1 aliphatic carbocycles. The second-order valence-electron chi connectivity index (χ2n) is 5.09. The summed E-state index contributed by atoms with van der Waals surface area (Å²) >= 11 is 0. The average Bonchev–Trinajstić information content (AvgIpc) is 2.15. The quantitative estimate of drug-likeness (QED) is 0.755. The molecule has 1 saturated heterocycles. The van der Waals surface area contributed by atoms with Crippen molar-refractivity contribution in [3.05, 3.63) is 12.7 Å². The molecule has 0 atom stereocenters. The molecule has 5 heteroatoms. The molecule has 0 radical (unpaired) electrons. The highest BCUT2D eigenvalue weighted by atomic mass is 16.6. The van der Waals surface area contributed by atoms with Gasteiger partial charge in [0, 0.05) is 24.9 Å². The van der Waals surface area contributed by atoms with Gasteiger partial charge in [-0.25, -0.2) is 4.79 Å². The first-order valence-corrected chi connectivity index (χ1v) is 5.79. The van der Waals surface area contributed by atoms with Crippen LogP contribution in [0.3, 0.4) is 0 Å². The van der Waals surface area contributed by atoms with Crippen molar-refractivity contribution in [2.24, 2.45) is 11.3 Å². The van der Waals surface area contributed by atoms with Crippen molar-refractivity contribution in [1.29, 1.82) is 0 Å². The van der Waals surface area contributed by atoms with E-state index in [4.69, 9.17) is 9.84 Å². The van der Waals surface area contributed by atoms with Crippen LogP contribution in [0.15, 0.2) is 12.7 Å². The van der Waals surface area contributed by atoms with Gasteiger partial charge in [0.1, 0.15) is 6.61 Å². The number of carboxylic acid groups (broad SMARTS) is 1. The van der Waals surface area contributed by atoms with Crippen LogP contribution in [-0.2, 0) is 9.53 Å². The fraction of sp³-hybridized carbons (Fsp3) is 0.667. The van der Waals surface area contributed by atoms with Gasteiger partial charge in [-0.05, 0) is 18.8 Å². The number of ether oxygens (including phenoxy) is 1. The number of carboxylic acids is 1. The van der Waals surface area contributed by atoms with Gasteiger partial charge in [0.2, 0.25) is 0 Å². The first-order valence-electron chi connectivity index (χ1n) is 5.79. The minimum atomic E-state index is -0.730. The molecule has 17 heavy (non-hydrogen) atoms. The lowest BCUT2D eigenvalue weighted by Crippen LogP contribution is -2.63. The van der Waals surface area contributed by atoms with Crippen LogP contribution in [0.25, 0.3) is 0 Å². The van der Waals surface area contributed by atoms with Crippen molar-refractivity contribution < 1.29 is 19.4 Å². The Labute approximate surface area is 100 Å². The second-order valence-corrected chi connectivity index (χ2v) is 5.09. The number of rotatable bonds is 4. The van der Waals surface area contributed by atoms with Crippen LogP contribution in [0.2, 0.25) is 0 Å². The van der Waals surface area contributed by atoms with Crippen LogP contribution in [0.4, 0.5) is 4.79 Å². The van der Waals surface area contributed by atoms with E-state index in [0.29, 0.717) is 19.0 Å². The maximum absolute atomic E-state index is 11.4. The SMILES string of the molecule is C=CCOC(=O)N1CC2(CC(CC(=O)O)C2)C1. The molecule has 2 aliphatic rings. The molecular weight excluding hydrogens is 222 g/mol. The third-order valence-corrected chi connectivity index (χ3v) is 3.54. The van der Waals surface area contributed by atoms with Gasteiger partial charge in [0.05, 0.1) is 0 Å². The summed E-state index contributed by atoms with van der Waals surface area (Å²) in [6.45, 7) is 5.13. The summed E-state index contributed by atoms with van der Waals surface area (Å²) < 4.78 is 4.92. The number of likely N-dealkylation sites (tertiary alicyclic amines) is 1. The Hall–Kier alpha value is -1.52. The highest BCUT2D eigenvalue weighted by Gasteiger charge is 2.54. The van der Waals surface area contributed by atoms with Crippen molar-refractivity contribution in [2.45, 2.75) is 19.3 Å². The molecule has 0 aromatic heterocycles. The number of hydrogen-bond donors (Lipinski definition) is 1. The summed E-state index contributed by atoms with van der Waals surface area (Å²) in [6, 6.07) is 0. The lowest BCUT2D eigenvalue weighted by Gasteiger charge is -2.58. The van der Waals surface area contributed by atoms with Gasteiger partial charge >= 0.3 is 12.1 Å². The molecule has 2 rings (SSSR count). The van der Waals surface area contributed by atoms with Crippen LogP contribution in [0.1, 0.15) is 19.3 Å². The lowest BCUT2D eigenvalue weighted by atomic mass is 9.57. The molecule has 1 amide bonds. The summed E-state index contributed by atoms with van der Waals surface area (Å²) in [5, 5.41) is 8.65. The second kappa shape index (κ2) is 4.39. The number of amides is 1. The minimum Gasteiger partial charge on any atom is -0.481 e. The molecule has 0 unspecified atom stereocenters. The summed E-state index contributed by atoms with van der Waals surface area (Å²) in [6.07, 6.45) is 3.34.